The molecule has 0 aromatic rings. The number of aliphatic hydroxyl groups excluding tert-OH is 3. The van der Waals surface area contributed by atoms with Crippen LogP contribution in [0.15, 0.2) is 0 Å². The van der Waals surface area contributed by atoms with Crippen molar-refractivity contribution in [3.8, 4) is 0 Å². The van der Waals surface area contributed by atoms with Crippen LogP contribution in [0.5, 0.6) is 0 Å². The van der Waals surface area contributed by atoms with E-state index in [0.717, 1.165) is 12.8 Å². The van der Waals surface area contributed by atoms with Crippen molar-refractivity contribution in [2.24, 2.45) is 17.8 Å². The number of aliphatic hydroxyl groups is 3. The lowest BCUT2D eigenvalue weighted by atomic mass is 10.0. The van der Waals surface area contributed by atoms with Gasteiger partial charge in [-0.1, -0.05) is 6.42 Å². The number of carbonyl (C=O) groups is 4. The van der Waals surface area contributed by atoms with E-state index in [0.29, 0.717) is 19.4 Å². The van der Waals surface area contributed by atoms with Crippen molar-refractivity contribution in [1.82, 2.24) is 10.6 Å². The van der Waals surface area contributed by atoms with Crippen molar-refractivity contribution in [2.75, 3.05) is 19.7 Å². The van der Waals surface area contributed by atoms with E-state index < -0.39 is 54.4 Å². The highest BCUT2D eigenvalue weighted by Crippen LogP contribution is 2.47. The molecule has 188 valence electrons. The van der Waals surface area contributed by atoms with E-state index in [4.69, 9.17) is 9.47 Å². The van der Waals surface area contributed by atoms with Crippen LogP contribution in [0, 0.1) is 17.8 Å². The molecule has 2 amide bonds. The van der Waals surface area contributed by atoms with E-state index in [1.807, 2.05) is 0 Å². The minimum atomic E-state index is -1.44. The lowest BCUT2D eigenvalue weighted by Gasteiger charge is -2.38. The maximum atomic E-state index is 12.5. The van der Waals surface area contributed by atoms with Gasteiger partial charge in [0.15, 0.2) is 6.29 Å². The number of hydrogen-bond acceptors (Lipinski definition) is 9. The molecule has 1 saturated heterocycles. The van der Waals surface area contributed by atoms with Crippen LogP contribution in [0.2, 0.25) is 0 Å². The van der Waals surface area contributed by atoms with Gasteiger partial charge in [0.1, 0.15) is 29.9 Å². The lowest BCUT2D eigenvalue weighted by molar-refractivity contribution is -0.292. The molecular formula is C22H36N2O9. The summed E-state index contributed by atoms with van der Waals surface area (Å²) in [5.74, 6) is -2.98. The predicted molar refractivity (Wildman–Crippen MR) is 115 cm³/mol. The van der Waals surface area contributed by atoms with Crippen molar-refractivity contribution in [1.29, 1.82) is 0 Å². The first-order valence-electron chi connectivity index (χ1n) is 11.4. The highest BCUT2D eigenvalue weighted by Gasteiger charge is 2.61. The number of nitrogens with one attached hydrogen (secondary N) is 2. The summed E-state index contributed by atoms with van der Waals surface area (Å²) in [7, 11) is 0. The Morgan fingerprint density at radius 1 is 0.818 bits per heavy atom. The number of ether oxygens (including phenoxy) is 2. The van der Waals surface area contributed by atoms with Crippen LogP contribution >= 0.6 is 0 Å². The summed E-state index contributed by atoms with van der Waals surface area (Å²) in [5.41, 5.74) is 0. The number of carbonyl (C=O) groups excluding carboxylic acids is 4. The fourth-order valence-electron chi connectivity index (χ4n) is 4.09. The third-order valence-electron chi connectivity index (χ3n) is 6.09. The summed E-state index contributed by atoms with van der Waals surface area (Å²) >= 11 is 0. The van der Waals surface area contributed by atoms with Crippen LogP contribution in [0.1, 0.15) is 46.5 Å². The van der Waals surface area contributed by atoms with Crippen LogP contribution in [0.4, 0.5) is 0 Å². The molecule has 1 heterocycles. The quantitative estimate of drug-likeness (QED) is 0.204. The molecule has 0 radical (unpaired) electrons. The first-order valence-corrected chi connectivity index (χ1v) is 11.4. The van der Waals surface area contributed by atoms with Crippen molar-refractivity contribution in [3.05, 3.63) is 0 Å². The summed E-state index contributed by atoms with van der Waals surface area (Å²) in [5, 5.41) is 34.8. The van der Waals surface area contributed by atoms with E-state index in [1.54, 1.807) is 0 Å². The Kier molecular flexibility index (Phi) is 10.4. The van der Waals surface area contributed by atoms with Crippen LogP contribution in [0.25, 0.3) is 0 Å². The monoisotopic (exact) mass is 472 g/mol. The Bertz CT molecular complexity index is 716. The zero-order valence-corrected chi connectivity index (χ0v) is 19.4. The summed E-state index contributed by atoms with van der Waals surface area (Å²) in [6.07, 6.45) is -3.18. The molecule has 1 saturated carbocycles. The van der Waals surface area contributed by atoms with Crippen LogP contribution in [0.3, 0.4) is 0 Å². The second-order valence-electron chi connectivity index (χ2n) is 8.83. The predicted octanol–water partition coefficient (Wildman–Crippen LogP) is -1.34. The van der Waals surface area contributed by atoms with Crippen LogP contribution in [-0.2, 0) is 28.7 Å². The molecule has 0 bridgehead atoms. The summed E-state index contributed by atoms with van der Waals surface area (Å²) in [6.45, 7) is 4.84. The van der Waals surface area contributed by atoms with Gasteiger partial charge >= 0.3 is 0 Å². The molecule has 0 aromatic heterocycles. The third-order valence-corrected chi connectivity index (χ3v) is 6.09. The van der Waals surface area contributed by atoms with E-state index in [9.17, 15) is 34.5 Å². The number of hydrogen-bond donors (Lipinski definition) is 5. The molecule has 2 rings (SSSR count). The first-order chi connectivity index (χ1) is 15.6. The van der Waals surface area contributed by atoms with Gasteiger partial charge in [0.05, 0.1) is 24.5 Å². The zero-order chi connectivity index (χ0) is 24.7. The fraction of sp³-hybridized carbons (Fsp3) is 0.818. The van der Waals surface area contributed by atoms with Gasteiger partial charge in [-0.15, -0.1) is 0 Å². The Balaban J connectivity index is 1.71. The van der Waals surface area contributed by atoms with Gasteiger partial charge in [0.2, 0.25) is 11.8 Å². The summed E-state index contributed by atoms with van der Waals surface area (Å²) in [4.78, 5) is 47.7. The van der Waals surface area contributed by atoms with E-state index in [1.165, 1.54) is 20.8 Å². The molecule has 2 fully saturated rings. The van der Waals surface area contributed by atoms with Gasteiger partial charge in [-0.05, 0) is 33.6 Å². The molecular weight excluding hydrogens is 436 g/mol. The average molecular weight is 473 g/mol. The maximum Gasteiger partial charge on any atom is 0.224 e. The minimum Gasteiger partial charge on any atom is -0.388 e. The van der Waals surface area contributed by atoms with Gasteiger partial charge in [0, 0.05) is 25.4 Å². The largest absolute Gasteiger partial charge is 0.388 e. The normalized spacial score (nSPS) is 33.3. The molecule has 5 N–H and O–H groups in total. The molecule has 0 spiro atoms. The first kappa shape index (κ1) is 27.3. The fourth-order valence-corrected chi connectivity index (χ4v) is 4.09. The molecule has 0 aromatic carbocycles. The van der Waals surface area contributed by atoms with Gasteiger partial charge in [-0.3, -0.25) is 14.4 Å². The standard InChI is InChI=1S/C22H36N2O9/c1-11(25)7-5-4-6-8-23-20(30)15-14(12(2)26)16(15)21(31)24-9-10-32-22-19(29)18(28)17(27)13(3)33-22/h13-19,22,27-29H,4-10H2,1-3H3,(H,23,30)(H,24,31)/t13-,14?,15?,16?,17+,18+,19-,22+/m0/s1. The zero-order valence-electron chi connectivity index (χ0n) is 19.4. The molecule has 3 unspecified atom stereocenters. The van der Waals surface area contributed by atoms with Gasteiger partial charge < -0.3 is 40.2 Å². The lowest BCUT2D eigenvalue weighted by Crippen LogP contribution is -2.57. The number of ketones is 2. The second-order valence-corrected chi connectivity index (χ2v) is 8.83. The van der Waals surface area contributed by atoms with Crippen molar-refractivity contribution in [3.63, 3.8) is 0 Å². The second kappa shape index (κ2) is 12.5. The summed E-state index contributed by atoms with van der Waals surface area (Å²) < 4.78 is 10.7. The van der Waals surface area contributed by atoms with Gasteiger partial charge in [-0.25, -0.2) is 0 Å². The molecule has 33 heavy (non-hydrogen) atoms. The van der Waals surface area contributed by atoms with Crippen molar-refractivity contribution >= 4 is 23.4 Å². The molecule has 1 aliphatic carbocycles. The van der Waals surface area contributed by atoms with E-state index >= 15 is 0 Å². The molecule has 8 atom stereocenters. The topological polar surface area (TPSA) is 171 Å². The molecule has 11 nitrogen and oxygen atoms in total. The Labute approximate surface area is 193 Å². The Hall–Kier alpha value is -1.92. The smallest absolute Gasteiger partial charge is 0.224 e. The van der Waals surface area contributed by atoms with Crippen molar-refractivity contribution < 1.29 is 44.0 Å². The number of unbranched alkanes of at least 4 members (excludes halogenated alkanes) is 2. The van der Waals surface area contributed by atoms with E-state index in [2.05, 4.69) is 10.6 Å². The number of amides is 2. The Morgan fingerprint density at radius 3 is 2.00 bits per heavy atom. The van der Waals surface area contributed by atoms with Gasteiger partial charge in [-0.2, -0.15) is 0 Å². The van der Waals surface area contributed by atoms with E-state index in [-0.39, 0.29) is 30.6 Å². The SMILES string of the molecule is CC(=O)CCCCCNC(=O)C1C(C(C)=O)C1C(=O)NCCO[C@@H]1O[C@@H](C)[C@@H](O)[C@@H](O)[C@@H]1O. The highest BCUT2D eigenvalue weighted by molar-refractivity contribution is 6.02. The molecule has 1 aliphatic heterocycles. The summed E-state index contributed by atoms with van der Waals surface area (Å²) in [6, 6.07) is 0. The van der Waals surface area contributed by atoms with Crippen LogP contribution < -0.4 is 10.6 Å². The number of Topliss-reactive ketones (excluding diaryl/α,β-unsaturated/α-hetero) is 2. The molecule has 11 heteroatoms. The minimum absolute atomic E-state index is 0.0441. The van der Waals surface area contributed by atoms with Gasteiger partial charge in [0.25, 0.3) is 0 Å². The van der Waals surface area contributed by atoms with Crippen molar-refractivity contribution in [2.45, 2.75) is 77.2 Å². The van der Waals surface area contributed by atoms with Crippen LogP contribution in [-0.4, -0.2) is 89.1 Å². The highest BCUT2D eigenvalue weighted by atomic mass is 16.7. The number of rotatable bonds is 13. The maximum absolute atomic E-state index is 12.5. The third kappa shape index (κ3) is 7.54. The average Bonchev–Trinajstić information content (AvgIpc) is 3.51. The Morgan fingerprint density at radius 2 is 1.42 bits per heavy atom. The molecule has 2 aliphatic rings.